The van der Waals surface area contributed by atoms with Crippen molar-refractivity contribution in [2.45, 2.75) is 20.0 Å². The van der Waals surface area contributed by atoms with Gasteiger partial charge in [-0.05, 0) is 37.2 Å². The van der Waals surface area contributed by atoms with Gasteiger partial charge in [-0.25, -0.2) is 0 Å². The Labute approximate surface area is 126 Å². The molecule has 0 atom stereocenters. The molecule has 20 heavy (non-hydrogen) atoms. The fourth-order valence-corrected chi connectivity index (χ4v) is 2.58. The number of hydrogen-bond acceptors (Lipinski definition) is 2. The van der Waals surface area contributed by atoms with Gasteiger partial charge in [0.1, 0.15) is 0 Å². The van der Waals surface area contributed by atoms with Crippen LogP contribution in [0.3, 0.4) is 0 Å². The first kappa shape index (κ1) is 14.9. The van der Waals surface area contributed by atoms with Gasteiger partial charge in [0.25, 0.3) is 0 Å². The highest BCUT2D eigenvalue weighted by molar-refractivity contribution is 6.31. The third-order valence-corrected chi connectivity index (χ3v) is 3.75. The van der Waals surface area contributed by atoms with Gasteiger partial charge in [0.05, 0.1) is 0 Å². The molecule has 0 aliphatic carbocycles. The Morgan fingerprint density at radius 2 is 1.85 bits per heavy atom. The van der Waals surface area contributed by atoms with E-state index < -0.39 is 0 Å². The monoisotopic (exact) mass is 288 g/mol. The van der Waals surface area contributed by atoms with Gasteiger partial charge in [0.2, 0.25) is 0 Å². The van der Waals surface area contributed by atoms with Crippen LogP contribution in [0.15, 0.2) is 42.5 Å². The Hall–Kier alpha value is -1.51. The van der Waals surface area contributed by atoms with Crippen LogP contribution >= 0.6 is 11.6 Å². The van der Waals surface area contributed by atoms with Crippen molar-refractivity contribution in [2.24, 2.45) is 0 Å². The van der Waals surface area contributed by atoms with Gasteiger partial charge >= 0.3 is 0 Å². The normalized spacial score (nSPS) is 10.6. The van der Waals surface area contributed by atoms with Crippen molar-refractivity contribution in [3.8, 4) is 0 Å². The maximum absolute atomic E-state index is 6.24. The Balaban J connectivity index is 2.25. The zero-order valence-electron chi connectivity index (χ0n) is 12.3. The van der Waals surface area contributed by atoms with E-state index in [1.165, 1.54) is 16.8 Å². The maximum Gasteiger partial charge on any atom is 0.0455 e. The molecule has 0 aliphatic heterocycles. The predicted molar refractivity (Wildman–Crippen MR) is 87.5 cm³/mol. The number of benzene rings is 2. The summed E-state index contributed by atoms with van der Waals surface area (Å²) in [6.07, 6.45) is 0. The molecule has 2 aromatic rings. The molecule has 0 spiro atoms. The van der Waals surface area contributed by atoms with E-state index in [2.05, 4.69) is 48.5 Å². The quantitative estimate of drug-likeness (QED) is 0.894. The summed E-state index contributed by atoms with van der Waals surface area (Å²) in [4.78, 5) is 2.24. The Morgan fingerprint density at radius 1 is 1.10 bits per heavy atom. The molecule has 0 aromatic heterocycles. The molecular formula is C17H21ClN2. The fourth-order valence-electron chi connectivity index (χ4n) is 2.39. The van der Waals surface area contributed by atoms with E-state index in [0.717, 1.165) is 23.7 Å². The number of aryl methyl sites for hydroxylation is 1. The topological polar surface area (TPSA) is 15.3 Å². The van der Waals surface area contributed by atoms with Crippen molar-refractivity contribution < 1.29 is 0 Å². The Kier molecular flexibility index (Phi) is 5.05. The van der Waals surface area contributed by atoms with Gasteiger partial charge in [-0.15, -0.1) is 0 Å². The summed E-state index contributed by atoms with van der Waals surface area (Å²) < 4.78 is 0. The molecule has 0 fully saturated rings. The molecule has 2 rings (SSSR count). The molecule has 0 saturated carbocycles. The number of nitrogens with one attached hydrogen (secondary N) is 1. The van der Waals surface area contributed by atoms with Crippen LogP contribution in [0, 0.1) is 6.92 Å². The SMILES string of the molecule is CNCc1cc(C)ccc1N(C)Cc1ccccc1Cl. The van der Waals surface area contributed by atoms with Crippen LogP contribution in [-0.4, -0.2) is 14.1 Å². The molecule has 0 radical (unpaired) electrons. The summed E-state index contributed by atoms with van der Waals surface area (Å²) in [6.45, 7) is 3.79. The number of anilines is 1. The summed E-state index contributed by atoms with van der Waals surface area (Å²) in [6, 6.07) is 14.6. The lowest BCUT2D eigenvalue weighted by Gasteiger charge is -2.23. The summed E-state index contributed by atoms with van der Waals surface area (Å²) in [5.74, 6) is 0. The van der Waals surface area contributed by atoms with E-state index in [4.69, 9.17) is 11.6 Å². The van der Waals surface area contributed by atoms with Gasteiger partial charge in [-0.1, -0.05) is 47.5 Å². The van der Waals surface area contributed by atoms with Crippen LogP contribution in [0.1, 0.15) is 16.7 Å². The number of rotatable bonds is 5. The molecule has 1 N–H and O–H groups in total. The minimum atomic E-state index is 0.805. The van der Waals surface area contributed by atoms with Gasteiger partial charge in [0, 0.05) is 30.8 Å². The first-order chi connectivity index (χ1) is 9.61. The zero-order valence-corrected chi connectivity index (χ0v) is 13.0. The number of halogens is 1. The Bertz CT molecular complexity index is 581. The fraction of sp³-hybridized carbons (Fsp3) is 0.294. The molecular weight excluding hydrogens is 268 g/mol. The van der Waals surface area contributed by atoms with E-state index in [9.17, 15) is 0 Å². The molecule has 2 aromatic carbocycles. The Morgan fingerprint density at radius 3 is 2.55 bits per heavy atom. The van der Waals surface area contributed by atoms with Crippen LogP contribution in [0.25, 0.3) is 0 Å². The average molecular weight is 289 g/mol. The van der Waals surface area contributed by atoms with Crippen LogP contribution < -0.4 is 10.2 Å². The van der Waals surface area contributed by atoms with E-state index in [-0.39, 0.29) is 0 Å². The van der Waals surface area contributed by atoms with E-state index in [1.807, 2.05) is 25.2 Å². The highest BCUT2D eigenvalue weighted by Gasteiger charge is 2.09. The average Bonchev–Trinajstić information content (AvgIpc) is 2.42. The minimum Gasteiger partial charge on any atom is -0.370 e. The summed E-state index contributed by atoms with van der Waals surface area (Å²) in [7, 11) is 4.08. The number of nitrogens with zero attached hydrogens (tertiary/aromatic N) is 1. The summed E-state index contributed by atoms with van der Waals surface area (Å²) >= 11 is 6.24. The molecule has 0 aliphatic rings. The second-order valence-electron chi connectivity index (χ2n) is 5.11. The smallest absolute Gasteiger partial charge is 0.0455 e. The first-order valence-electron chi connectivity index (χ1n) is 6.80. The lowest BCUT2D eigenvalue weighted by molar-refractivity contribution is 0.804. The standard InChI is InChI=1S/C17H21ClN2/c1-13-8-9-17(15(10-13)11-19-2)20(3)12-14-6-4-5-7-16(14)18/h4-10,19H,11-12H2,1-3H3. The maximum atomic E-state index is 6.24. The van der Waals surface area contributed by atoms with Crippen LogP contribution in [-0.2, 0) is 13.1 Å². The van der Waals surface area contributed by atoms with Crippen molar-refractivity contribution in [3.63, 3.8) is 0 Å². The van der Waals surface area contributed by atoms with Crippen LogP contribution in [0.2, 0.25) is 5.02 Å². The van der Waals surface area contributed by atoms with Crippen molar-refractivity contribution in [3.05, 3.63) is 64.2 Å². The van der Waals surface area contributed by atoms with Gasteiger partial charge in [-0.3, -0.25) is 0 Å². The van der Waals surface area contributed by atoms with E-state index in [0.29, 0.717) is 0 Å². The van der Waals surface area contributed by atoms with Gasteiger partial charge in [-0.2, -0.15) is 0 Å². The van der Waals surface area contributed by atoms with E-state index >= 15 is 0 Å². The molecule has 106 valence electrons. The first-order valence-corrected chi connectivity index (χ1v) is 7.18. The third-order valence-electron chi connectivity index (χ3n) is 3.38. The molecule has 0 amide bonds. The van der Waals surface area contributed by atoms with Crippen molar-refractivity contribution in [1.29, 1.82) is 0 Å². The van der Waals surface area contributed by atoms with Crippen LogP contribution in [0.4, 0.5) is 5.69 Å². The molecule has 2 nitrogen and oxygen atoms in total. The molecule has 0 bridgehead atoms. The van der Waals surface area contributed by atoms with Crippen LogP contribution in [0.5, 0.6) is 0 Å². The molecule has 3 heteroatoms. The lowest BCUT2D eigenvalue weighted by atomic mass is 10.1. The molecule has 0 heterocycles. The molecule has 0 unspecified atom stereocenters. The summed E-state index contributed by atoms with van der Waals surface area (Å²) in [5, 5.41) is 4.05. The predicted octanol–water partition coefficient (Wildman–Crippen LogP) is 4.00. The molecule has 0 saturated heterocycles. The second kappa shape index (κ2) is 6.78. The highest BCUT2D eigenvalue weighted by atomic mass is 35.5. The third kappa shape index (κ3) is 3.53. The largest absolute Gasteiger partial charge is 0.370 e. The van der Waals surface area contributed by atoms with Crippen molar-refractivity contribution >= 4 is 17.3 Å². The second-order valence-corrected chi connectivity index (χ2v) is 5.52. The van der Waals surface area contributed by atoms with Gasteiger partial charge in [0.15, 0.2) is 0 Å². The zero-order chi connectivity index (χ0) is 14.5. The van der Waals surface area contributed by atoms with Crippen molar-refractivity contribution in [1.82, 2.24) is 5.32 Å². The van der Waals surface area contributed by atoms with Gasteiger partial charge < -0.3 is 10.2 Å². The minimum absolute atomic E-state index is 0.805. The van der Waals surface area contributed by atoms with E-state index in [1.54, 1.807) is 0 Å². The summed E-state index contributed by atoms with van der Waals surface area (Å²) in [5.41, 5.74) is 4.98. The number of hydrogen-bond donors (Lipinski definition) is 1. The lowest BCUT2D eigenvalue weighted by Crippen LogP contribution is -2.20. The van der Waals surface area contributed by atoms with Crippen molar-refractivity contribution in [2.75, 3.05) is 19.0 Å². The highest BCUT2D eigenvalue weighted by Crippen LogP contribution is 2.24.